The largest absolute Gasteiger partial charge is 0.456 e. The molecule has 0 spiro atoms. The molecular weight excluding hydrogens is 1470 g/mol. The van der Waals surface area contributed by atoms with Crippen LogP contribution in [0.4, 0.5) is 68.2 Å². The van der Waals surface area contributed by atoms with Gasteiger partial charge >= 0.3 is 0 Å². The molecule has 0 aliphatic carbocycles. The summed E-state index contributed by atoms with van der Waals surface area (Å²) in [7, 11) is 0. The van der Waals surface area contributed by atoms with E-state index in [0.29, 0.717) is 0 Å². The van der Waals surface area contributed by atoms with Gasteiger partial charge in [0.25, 0.3) is 0 Å². The first kappa shape index (κ1) is 69.2. The van der Waals surface area contributed by atoms with E-state index >= 15 is 0 Å². The van der Waals surface area contributed by atoms with E-state index in [1.165, 1.54) is 21.5 Å². The van der Waals surface area contributed by atoms with Crippen LogP contribution in [0, 0.1) is 0 Å². The third-order valence-corrected chi connectivity index (χ3v) is 23.0. The molecule has 566 valence electrons. The van der Waals surface area contributed by atoms with Crippen molar-refractivity contribution in [1.29, 1.82) is 0 Å². The summed E-state index contributed by atoms with van der Waals surface area (Å²) in [5.41, 5.74) is 23.2. The van der Waals surface area contributed by atoms with E-state index in [2.05, 4.69) is 390 Å². The Kier molecular flexibility index (Phi) is 16.7. The molecule has 0 unspecified atom stereocenters. The van der Waals surface area contributed by atoms with E-state index in [1.54, 1.807) is 0 Å². The minimum Gasteiger partial charge on any atom is -0.456 e. The van der Waals surface area contributed by atoms with Crippen LogP contribution in [0.3, 0.4) is 0 Å². The maximum Gasteiger partial charge on any atom is 0.139 e. The number of nitrogens with zero attached hydrogens (tertiary/aromatic N) is 4. The Morgan fingerprint density at radius 1 is 0.108 bits per heavy atom. The number of benzene rings is 19. The van der Waals surface area contributed by atoms with Crippen molar-refractivity contribution >= 4 is 221 Å². The Hall–Kier alpha value is -16.3. The van der Waals surface area contributed by atoms with Crippen LogP contribution in [0.1, 0.15) is 0 Å². The van der Waals surface area contributed by atoms with Crippen LogP contribution < -0.4 is 19.6 Å². The minimum atomic E-state index is 0.806. The van der Waals surface area contributed by atoms with E-state index in [0.717, 1.165) is 200 Å². The number of anilines is 12. The molecule has 0 saturated carbocycles. The molecule has 10 heteroatoms. The lowest BCUT2D eigenvalue weighted by molar-refractivity contribution is 0.656. The molecule has 0 bridgehead atoms. The predicted octanol–water partition coefficient (Wildman–Crippen LogP) is 32.6. The Morgan fingerprint density at radius 2 is 0.300 bits per heavy atom. The van der Waals surface area contributed by atoms with Gasteiger partial charge in [-0.15, -0.1) is 0 Å². The highest BCUT2D eigenvalue weighted by Crippen LogP contribution is 2.48. The van der Waals surface area contributed by atoms with Crippen LogP contribution in [-0.2, 0) is 0 Å². The number of fused-ring (bicyclic) bond motifs is 20. The Balaban J connectivity index is 0.000000108. The number of para-hydroxylation sites is 8. The van der Waals surface area contributed by atoms with Gasteiger partial charge in [0.15, 0.2) is 0 Å². The molecule has 120 heavy (non-hydrogen) atoms. The Bertz CT molecular complexity index is 7530. The molecule has 25 rings (SSSR count). The van der Waals surface area contributed by atoms with Crippen molar-refractivity contribution in [2.45, 2.75) is 0 Å². The highest BCUT2D eigenvalue weighted by molar-refractivity contribution is 6.20. The van der Waals surface area contributed by atoms with Gasteiger partial charge < -0.3 is 46.1 Å². The summed E-state index contributed by atoms with van der Waals surface area (Å²) in [6.07, 6.45) is 0. The SMILES string of the molecule is c1ccc(N(c2ccccc2)c2ccc3c(c2)oc2cc4oc5cc(N(c6ccccc6)c6ccccc6)ccc5c4cc23)cc1.c1ccc(N(c2ccccc2)c2ccc3oc4cc5c(cc4c3c2)oc2ccc(N(c3ccccc3)c3ccccc3)cc25)cc1.c1ccc2cc3c(cc2c1)oc1cc2c(cc13)oc1cc3ccccc3cc12. The molecule has 0 N–H and O–H groups in total. The van der Waals surface area contributed by atoms with Gasteiger partial charge in [-0.05, 0) is 234 Å². The maximum atomic E-state index is 6.50. The van der Waals surface area contributed by atoms with Crippen LogP contribution in [0.15, 0.2) is 451 Å². The van der Waals surface area contributed by atoms with Gasteiger partial charge in [0, 0.05) is 151 Å². The van der Waals surface area contributed by atoms with Gasteiger partial charge in [0.2, 0.25) is 0 Å². The quantitative estimate of drug-likeness (QED) is 0.118. The second-order valence-corrected chi connectivity index (χ2v) is 30.3. The molecule has 0 radical (unpaired) electrons. The van der Waals surface area contributed by atoms with Gasteiger partial charge in [-0.3, -0.25) is 0 Å². The second-order valence-electron chi connectivity index (χ2n) is 30.3. The third-order valence-electron chi connectivity index (χ3n) is 23.0. The fourth-order valence-electron chi connectivity index (χ4n) is 17.4. The first-order chi connectivity index (χ1) is 59.4. The first-order valence-corrected chi connectivity index (χ1v) is 40.3. The zero-order valence-electron chi connectivity index (χ0n) is 64.7. The van der Waals surface area contributed by atoms with Crippen LogP contribution in [-0.4, -0.2) is 0 Å². The maximum absolute atomic E-state index is 6.50. The van der Waals surface area contributed by atoms with Gasteiger partial charge in [-0.1, -0.05) is 194 Å². The molecule has 0 amide bonds. The zero-order valence-corrected chi connectivity index (χ0v) is 64.7. The molecule has 0 aliphatic rings. The van der Waals surface area contributed by atoms with Crippen LogP contribution in [0.5, 0.6) is 0 Å². The zero-order chi connectivity index (χ0) is 79.1. The van der Waals surface area contributed by atoms with Crippen LogP contribution in [0.2, 0.25) is 0 Å². The summed E-state index contributed by atoms with van der Waals surface area (Å²) in [5.74, 6) is 0. The molecule has 0 fully saturated rings. The molecule has 19 aromatic carbocycles. The van der Waals surface area contributed by atoms with Crippen LogP contribution in [0.25, 0.3) is 153 Å². The number of rotatable bonds is 12. The molecule has 6 heterocycles. The monoisotopic (exact) mass is 1540 g/mol. The predicted molar refractivity (Wildman–Crippen MR) is 497 cm³/mol. The van der Waals surface area contributed by atoms with Gasteiger partial charge in [0.05, 0.1) is 0 Å². The molecular formula is C110H70N4O6. The fraction of sp³-hybridized carbons (Fsp3) is 0. The number of hydrogen-bond donors (Lipinski definition) is 0. The van der Waals surface area contributed by atoms with E-state index in [4.69, 9.17) is 26.5 Å². The lowest BCUT2D eigenvalue weighted by Crippen LogP contribution is -2.09. The van der Waals surface area contributed by atoms with Gasteiger partial charge in [-0.2, -0.15) is 0 Å². The van der Waals surface area contributed by atoms with E-state index < -0.39 is 0 Å². The summed E-state index contributed by atoms with van der Waals surface area (Å²) < 4.78 is 38.4. The molecule has 0 saturated heterocycles. The van der Waals surface area contributed by atoms with Crippen LogP contribution >= 0.6 is 0 Å². The number of furan rings is 6. The smallest absolute Gasteiger partial charge is 0.139 e. The van der Waals surface area contributed by atoms with Crippen molar-refractivity contribution in [2.75, 3.05) is 19.6 Å². The molecule has 0 aliphatic heterocycles. The van der Waals surface area contributed by atoms with Crippen molar-refractivity contribution in [3.63, 3.8) is 0 Å². The van der Waals surface area contributed by atoms with Crippen molar-refractivity contribution in [1.82, 2.24) is 0 Å². The summed E-state index contributed by atoms with van der Waals surface area (Å²) in [6, 6.07) is 147. The number of hydrogen-bond acceptors (Lipinski definition) is 10. The van der Waals surface area contributed by atoms with Gasteiger partial charge in [0.1, 0.15) is 67.0 Å². The second kappa shape index (κ2) is 28.9. The van der Waals surface area contributed by atoms with E-state index in [1.807, 2.05) is 54.6 Å². The molecule has 25 aromatic rings. The average molecular weight is 1540 g/mol. The summed E-state index contributed by atoms with van der Waals surface area (Å²) in [6.45, 7) is 0. The molecule has 6 aromatic heterocycles. The summed E-state index contributed by atoms with van der Waals surface area (Å²) >= 11 is 0. The van der Waals surface area contributed by atoms with Crippen molar-refractivity contribution in [3.05, 3.63) is 425 Å². The van der Waals surface area contributed by atoms with E-state index in [9.17, 15) is 0 Å². The summed E-state index contributed by atoms with van der Waals surface area (Å²) in [4.78, 5) is 9.03. The topological polar surface area (TPSA) is 91.8 Å². The van der Waals surface area contributed by atoms with Crippen molar-refractivity contribution in [3.8, 4) is 0 Å². The lowest BCUT2D eigenvalue weighted by Gasteiger charge is -2.25. The van der Waals surface area contributed by atoms with Gasteiger partial charge in [-0.25, -0.2) is 0 Å². The van der Waals surface area contributed by atoms with Crippen molar-refractivity contribution in [2.24, 2.45) is 0 Å². The standard InChI is InChI=1S/2C42H28N2O2.C26H14O2/c1-5-13-29(14-6-1)43(30-15-7-2-8-16-30)33-21-23-39-35(25-33)37-27-42-38(28-41(37)45-39)36-26-34(22-24-40(36)46-42)44(31-17-9-3-10-18-31)32-19-11-4-12-20-32;1-5-13-29(14-6-1)43(30-15-7-2-8-16-30)33-21-23-35-37-27-38-36-24-22-34(26-40(36)46-42(38)28-41(37)45-39(35)25-33)44(31-17-9-3-10-18-31)32-19-11-4-12-20-32;1-3-7-17-11-23-19(9-15(17)5-1)21-13-26-22(14-25(21)27-23)20-10-16-6-2-4-8-18(16)12-24(20)28-26/h2*1-28H;1-14H. The van der Waals surface area contributed by atoms with E-state index in [-0.39, 0.29) is 0 Å². The normalized spacial score (nSPS) is 11.7. The Morgan fingerprint density at radius 3 is 0.583 bits per heavy atom. The first-order valence-electron chi connectivity index (χ1n) is 40.3. The van der Waals surface area contributed by atoms with Crippen molar-refractivity contribution < 1.29 is 26.5 Å². The summed E-state index contributed by atoms with van der Waals surface area (Å²) in [5, 5.41) is 17.7. The average Bonchev–Trinajstić information content (AvgIpc) is 1.60. The molecule has 0 atom stereocenters. The highest BCUT2D eigenvalue weighted by Gasteiger charge is 2.24. The molecule has 10 nitrogen and oxygen atoms in total. The minimum absolute atomic E-state index is 0.806. The lowest BCUT2D eigenvalue weighted by atomic mass is 10.0. The Labute approximate surface area is 687 Å². The highest BCUT2D eigenvalue weighted by atomic mass is 16.4. The third kappa shape index (κ3) is 12.3. The fourth-order valence-corrected chi connectivity index (χ4v) is 17.4.